The minimum absolute atomic E-state index is 0.486. The van der Waals surface area contributed by atoms with Gasteiger partial charge in [-0.3, -0.25) is 0 Å². The number of aryl methyl sites for hydroxylation is 1. The van der Waals surface area contributed by atoms with Crippen LogP contribution >= 0.6 is 15.9 Å². The Morgan fingerprint density at radius 1 is 1.44 bits per heavy atom. The molecule has 2 heterocycles. The second kappa shape index (κ2) is 4.35. The molecule has 0 saturated heterocycles. The van der Waals surface area contributed by atoms with Crippen molar-refractivity contribution >= 4 is 21.7 Å². The summed E-state index contributed by atoms with van der Waals surface area (Å²) in [5.74, 6) is 1.15. The van der Waals surface area contributed by atoms with Gasteiger partial charge in [-0.1, -0.05) is 6.92 Å². The van der Waals surface area contributed by atoms with Gasteiger partial charge in [0.2, 0.25) is 0 Å². The van der Waals surface area contributed by atoms with Crippen LogP contribution < -0.4 is 5.73 Å². The van der Waals surface area contributed by atoms with Crippen molar-refractivity contribution in [2.75, 3.05) is 5.73 Å². The minimum atomic E-state index is 0.486. The van der Waals surface area contributed by atoms with Gasteiger partial charge in [-0.2, -0.15) is 0 Å². The summed E-state index contributed by atoms with van der Waals surface area (Å²) in [6, 6.07) is 0.557. The Hall–Kier alpha value is -1.43. The molecule has 3 rings (SSSR count). The van der Waals surface area contributed by atoms with Crippen LogP contribution in [0.2, 0.25) is 0 Å². The van der Waals surface area contributed by atoms with Crippen LogP contribution in [0.15, 0.2) is 17.0 Å². The smallest absolute Gasteiger partial charge is 0.180 e. The van der Waals surface area contributed by atoms with Gasteiger partial charge in [-0.15, -0.1) is 0 Å². The maximum atomic E-state index is 5.92. The fourth-order valence-corrected chi connectivity index (χ4v) is 2.44. The normalized spacial score (nSPS) is 15.0. The van der Waals surface area contributed by atoms with E-state index in [1.54, 1.807) is 6.20 Å². The minimum Gasteiger partial charge on any atom is -0.383 e. The molecule has 94 valence electrons. The molecule has 2 aromatic rings. The third-order valence-corrected chi connectivity index (χ3v) is 3.98. The van der Waals surface area contributed by atoms with Crippen molar-refractivity contribution in [3.63, 3.8) is 0 Å². The molecule has 1 aliphatic carbocycles. The largest absolute Gasteiger partial charge is 0.383 e. The Bertz CT molecular complexity index is 588. The number of nitrogens with two attached hydrogens (primary N) is 1. The van der Waals surface area contributed by atoms with Crippen LogP contribution in [0.1, 0.15) is 31.5 Å². The molecule has 0 unspecified atom stereocenters. The van der Waals surface area contributed by atoms with E-state index < -0.39 is 0 Å². The van der Waals surface area contributed by atoms with Gasteiger partial charge in [0.25, 0.3) is 0 Å². The molecule has 0 aromatic carbocycles. The predicted molar refractivity (Wildman–Crippen MR) is 73.0 cm³/mol. The van der Waals surface area contributed by atoms with Gasteiger partial charge in [0, 0.05) is 6.04 Å². The van der Waals surface area contributed by atoms with Crippen molar-refractivity contribution in [1.29, 1.82) is 0 Å². The third kappa shape index (κ3) is 1.90. The molecular weight excluding hydrogens is 294 g/mol. The lowest BCUT2D eigenvalue weighted by molar-refractivity contribution is 0.742. The zero-order chi connectivity index (χ0) is 12.7. The molecule has 6 heteroatoms. The van der Waals surface area contributed by atoms with E-state index in [2.05, 4.69) is 42.4 Å². The maximum Gasteiger partial charge on any atom is 0.180 e. The molecular formula is C12H14BrN5. The summed E-state index contributed by atoms with van der Waals surface area (Å²) in [6.45, 7) is 2.05. The zero-order valence-corrected chi connectivity index (χ0v) is 11.7. The third-order valence-electron chi connectivity index (χ3n) is 3.12. The molecule has 2 N–H and O–H groups in total. The van der Waals surface area contributed by atoms with Crippen molar-refractivity contribution in [3.05, 3.63) is 22.7 Å². The predicted octanol–water partition coefficient (Wildman–Crippen LogP) is 2.58. The molecule has 1 aliphatic rings. The van der Waals surface area contributed by atoms with Crippen molar-refractivity contribution in [2.45, 2.75) is 32.2 Å². The second-order valence-corrected chi connectivity index (χ2v) is 5.26. The van der Waals surface area contributed by atoms with E-state index in [4.69, 9.17) is 5.73 Å². The number of hydrogen-bond acceptors (Lipinski definition) is 4. The van der Waals surface area contributed by atoms with Crippen LogP contribution in [0.4, 0.5) is 5.82 Å². The molecule has 2 aromatic heterocycles. The van der Waals surface area contributed by atoms with E-state index >= 15 is 0 Å². The summed E-state index contributed by atoms with van der Waals surface area (Å²) in [7, 11) is 0. The van der Waals surface area contributed by atoms with Crippen LogP contribution in [-0.4, -0.2) is 19.5 Å². The Kier molecular flexibility index (Phi) is 2.81. The first-order valence-corrected chi connectivity index (χ1v) is 6.84. The number of rotatable bonds is 3. The lowest BCUT2D eigenvalue weighted by Gasteiger charge is -2.09. The highest BCUT2D eigenvalue weighted by molar-refractivity contribution is 9.10. The van der Waals surface area contributed by atoms with Crippen LogP contribution in [0.25, 0.3) is 11.5 Å². The summed E-state index contributed by atoms with van der Waals surface area (Å²) < 4.78 is 2.94. The van der Waals surface area contributed by atoms with Crippen molar-refractivity contribution in [3.8, 4) is 11.5 Å². The second-order valence-electron chi connectivity index (χ2n) is 4.46. The van der Waals surface area contributed by atoms with Gasteiger partial charge in [0.1, 0.15) is 11.5 Å². The molecule has 0 radical (unpaired) electrons. The number of aromatic nitrogens is 4. The highest BCUT2D eigenvalue weighted by Crippen LogP contribution is 2.38. The maximum absolute atomic E-state index is 5.92. The van der Waals surface area contributed by atoms with Gasteiger partial charge in [0.05, 0.1) is 22.7 Å². The van der Waals surface area contributed by atoms with Gasteiger partial charge >= 0.3 is 0 Å². The number of nitrogen functional groups attached to an aromatic ring is 1. The van der Waals surface area contributed by atoms with E-state index in [0.29, 0.717) is 17.7 Å². The van der Waals surface area contributed by atoms with E-state index in [9.17, 15) is 0 Å². The van der Waals surface area contributed by atoms with Crippen LogP contribution in [0.5, 0.6) is 0 Å². The lowest BCUT2D eigenvalue weighted by Crippen LogP contribution is -2.05. The van der Waals surface area contributed by atoms with Crippen LogP contribution in [-0.2, 0) is 6.42 Å². The number of halogens is 1. The molecule has 0 spiro atoms. The van der Waals surface area contributed by atoms with Crippen molar-refractivity contribution < 1.29 is 0 Å². The Morgan fingerprint density at radius 2 is 2.22 bits per heavy atom. The standard InChI is InChI=1S/C12H14BrN5/c1-2-8-10(13)11(14)17-12(16-8)9-5-15-6-18(9)7-3-4-7/h5-7H,2-4H2,1H3,(H2,14,16,17). The van der Waals surface area contributed by atoms with Crippen molar-refractivity contribution in [1.82, 2.24) is 19.5 Å². The molecule has 18 heavy (non-hydrogen) atoms. The molecule has 5 nitrogen and oxygen atoms in total. The molecule has 0 amide bonds. The molecule has 0 atom stereocenters. The monoisotopic (exact) mass is 307 g/mol. The lowest BCUT2D eigenvalue weighted by atomic mass is 10.3. The fraction of sp³-hybridized carbons (Fsp3) is 0.417. The van der Waals surface area contributed by atoms with Gasteiger partial charge in [-0.05, 0) is 35.2 Å². The number of anilines is 1. The summed E-state index contributed by atoms with van der Waals surface area (Å²) in [4.78, 5) is 13.1. The van der Waals surface area contributed by atoms with Gasteiger partial charge in [0.15, 0.2) is 5.82 Å². The average molecular weight is 308 g/mol. The first-order chi connectivity index (χ1) is 8.70. The Morgan fingerprint density at radius 3 is 2.89 bits per heavy atom. The average Bonchev–Trinajstić information content (AvgIpc) is 3.10. The van der Waals surface area contributed by atoms with Gasteiger partial charge in [-0.25, -0.2) is 15.0 Å². The zero-order valence-electron chi connectivity index (χ0n) is 10.1. The van der Waals surface area contributed by atoms with Crippen molar-refractivity contribution in [2.24, 2.45) is 0 Å². The summed E-state index contributed by atoms with van der Waals surface area (Å²) >= 11 is 3.43. The van der Waals surface area contributed by atoms with E-state index in [1.807, 2.05) is 6.33 Å². The molecule has 1 saturated carbocycles. The summed E-state index contributed by atoms with van der Waals surface area (Å²) in [5.41, 5.74) is 7.80. The number of nitrogens with zero attached hydrogens (tertiary/aromatic N) is 4. The SMILES string of the molecule is CCc1nc(-c2cncn2C2CC2)nc(N)c1Br. The molecule has 0 aliphatic heterocycles. The van der Waals surface area contributed by atoms with E-state index in [0.717, 1.165) is 22.3 Å². The fourth-order valence-electron chi connectivity index (χ4n) is 1.98. The first kappa shape index (κ1) is 11.6. The van der Waals surface area contributed by atoms with Crippen LogP contribution in [0.3, 0.4) is 0 Å². The van der Waals surface area contributed by atoms with Crippen LogP contribution in [0, 0.1) is 0 Å². The summed E-state index contributed by atoms with van der Waals surface area (Å²) in [6.07, 6.45) is 6.88. The highest BCUT2D eigenvalue weighted by atomic mass is 79.9. The summed E-state index contributed by atoms with van der Waals surface area (Å²) in [5, 5.41) is 0. The first-order valence-electron chi connectivity index (χ1n) is 6.04. The Labute approximate surface area is 114 Å². The number of hydrogen-bond donors (Lipinski definition) is 1. The topological polar surface area (TPSA) is 69.6 Å². The van der Waals surface area contributed by atoms with Gasteiger partial charge < -0.3 is 10.3 Å². The molecule has 1 fully saturated rings. The quantitative estimate of drug-likeness (QED) is 0.946. The Balaban J connectivity index is 2.10. The van der Waals surface area contributed by atoms with E-state index in [1.165, 1.54) is 12.8 Å². The van der Waals surface area contributed by atoms with E-state index in [-0.39, 0.29) is 0 Å². The highest BCUT2D eigenvalue weighted by Gasteiger charge is 2.26. The number of imidazole rings is 1. The molecule has 0 bridgehead atoms.